The average Bonchev–Trinajstić information content (AvgIpc) is 2.21. The van der Waals surface area contributed by atoms with Gasteiger partial charge in [0.25, 0.3) is 5.91 Å². The number of halogens is 2. The van der Waals surface area contributed by atoms with Gasteiger partial charge in [0.2, 0.25) is 6.08 Å². The molecule has 1 rings (SSSR count). The summed E-state index contributed by atoms with van der Waals surface area (Å²) in [5.41, 5.74) is -0.0463. The van der Waals surface area contributed by atoms with Gasteiger partial charge in [0.05, 0.1) is 17.2 Å². The van der Waals surface area contributed by atoms with Crippen LogP contribution < -0.4 is 4.74 Å². The Balaban J connectivity index is 3.43. The van der Waals surface area contributed by atoms with E-state index in [0.717, 1.165) is 6.08 Å². The summed E-state index contributed by atoms with van der Waals surface area (Å²) in [7, 11) is 1.33. The summed E-state index contributed by atoms with van der Waals surface area (Å²) < 4.78 is 4.90. The van der Waals surface area contributed by atoms with Gasteiger partial charge in [-0.25, -0.2) is 4.79 Å². The van der Waals surface area contributed by atoms with Crippen LogP contribution in [0.4, 0.5) is 0 Å². The Labute approximate surface area is 95.5 Å². The molecule has 0 saturated carbocycles. The molecule has 4 nitrogen and oxygen atoms in total. The lowest BCUT2D eigenvalue weighted by atomic mass is 10.2. The topological polar surface area (TPSA) is 55.7 Å². The summed E-state index contributed by atoms with van der Waals surface area (Å²) in [6, 6.07) is 2.89. The number of isocyanates is 1. The van der Waals surface area contributed by atoms with Crippen LogP contribution >= 0.6 is 23.2 Å². The molecule has 0 N–H and O–H groups in total. The van der Waals surface area contributed by atoms with Gasteiger partial charge in [-0.05, 0) is 12.1 Å². The van der Waals surface area contributed by atoms with Gasteiger partial charge in [-0.3, -0.25) is 4.79 Å². The normalized spacial score (nSPS) is 9.27. The number of amides is 1. The molecule has 15 heavy (non-hydrogen) atoms. The molecule has 6 heteroatoms. The highest BCUT2D eigenvalue weighted by atomic mass is 35.5. The van der Waals surface area contributed by atoms with Crippen LogP contribution in [0.5, 0.6) is 5.75 Å². The summed E-state index contributed by atoms with van der Waals surface area (Å²) in [5, 5.41) is 0.326. The Kier molecular flexibility index (Phi) is 3.86. The highest BCUT2D eigenvalue weighted by Gasteiger charge is 2.18. The van der Waals surface area contributed by atoms with Gasteiger partial charge < -0.3 is 4.74 Å². The zero-order valence-electron chi connectivity index (χ0n) is 7.58. The van der Waals surface area contributed by atoms with Crippen molar-refractivity contribution in [3.8, 4) is 5.75 Å². The molecule has 0 aliphatic carbocycles. The third kappa shape index (κ3) is 2.36. The minimum absolute atomic E-state index is 0.0463. The number of carbonyl (C=O) groups excluding carboxylic acids is 2. The number of aliphatic imine (C=N–C) groups is 1. The van der Waals surface area contributed by atoms with E-state index in [-0.39, 0.29) is 21.4 Å². The number of carbonyl (C=O) groups is 1. The molecule has 0 fully saturated rings. The van der Waals surface area contributed by atoms with Crippen LogP contribution in [0.25, 0.3) is 0 Å². The van der Waals surface area contributed by atoms with E-state index in [1.165, 1.54) is 19.2 Å². The van der Waals surface area contributed by atoms with Crippen molar-refractivity contribution in [2.75, 3.05) is 7.11 Å². The number of ether oxygens (including phenoxy) is 1. The summed E-state index contributed by atoms with van der Waals surface area (Å²) in [6.07, 6.45) is 1.13. The van der Waals surface area contributed by atoms with Crippen LogP contribution in [0.2, 0.25) is 10.0 Å². The summed E-state index contributed by atoms with van der Waals surface area (Å²) in [4.78, 5) is 24.2. The van der Waals surface area contributed by atoms with Gasteiger partial charge in [-0.2, -0.15) is 0 Å². The molecule has 0 aliphatic heterocycles. The molecule has 0 spiro atoms. The van der Waals surface area contributed by atoms with Crippen LogP contribution in [0.1, 0.15) is 10.4 Å². The molecule has 1 amide bonds. The second-order valence-electron chi connectivity index (χ2n) is 2.45. The van der Waals surface area contributed by atoms with Crippen molar-refractivity contribution in [2.24, 2.45) is 4.99 Å². The molecule has 1 aromatic rings. The highest BCUT2D eigenvalue weighted by molar-refractivity contribution is 6.37. The number of hydrogen-bond acceptors (Lipinski definition) is 3. The second kappa shape index (κ2) is 4.94. The van der Waals surface area contributed by atoms with Crippen LogP contribution in [0, 0.1) is 0 Å². The van der Waals surface area contributed by atoms with E-state index >= 15 is 0 Å². The Morgan fingerprint density at radius 1 is 1.40 bits per heavy atom. The molecule has 0 aromatic heterocycles. The molecule has 0 heterocycles. The number of rotatable bonds is 2. The lowest BCUT2D eigenvalue weighted by Crippen LogP contribution is -2.00. The van der Waals surface area contributed by atoms with Gasteiger partial charge in [0.15, 0.2) is 5.75 Å². The van der Waals surface area contributed by atoms with E-state index < -0.39 is 5.91 Å². The first-order valence-electron chi connectivity index (χ1n) is 3.76. The second-order valence-corrected chi connectivity index (χ2v) is 3.26. The zero-order valence-corrected chi connectivity index (χ0v) is 9.09. The minimum Gasteiger partial charge on any atom is -0.494 e. The molecule has 0 bridgehead atoms. The fraction of sp³-hybridized carbons (Fsp3) is 0.111. The first kappa shape index (κ1) is 11.7. The Morgan fingerprint density at radius 3 is 2.53 bits per heavy atom. The van der Waals surface area contributed by atoms with E-state index in [1.807, 2.05) is 0 Å². The van der Waals surface area contributed by atoms with Crippen molar-refractivity contribution in [1.82, 2.24) is 0 Å². The van der Waals surface area contributed by atoms with Gasteiger partial charge in [-0.15, -0.1) is 4.99 Å². The van der Waals surface area contributed by atoms with Crippen LogP contribution in [0.15, 0.2) is 17.1 Å². The van der Waals surface area contributed by atoms with E-state index in [2.05, 4.69) is 4.99 Å². The van der Waals surface area contributed by atoms with Gasteiger partial charge >= 0.3 is 0 Å². The molecule has 78 valence electrons. The molecular weight excluding hydrogens is 241 g/mol. The third-order valence-corrected chi connectivity index (χ3v) is 2.24. The minimum atomic E-state index is -0.839. The largest absolute Gasteiger partial charge is 0.494 e. The van der Waals surface area contributed by atoms with E-state index in [0.29, 0.717) is 0 Å². The number of hydrogen-bond donors (Lipinski definition) is 0. The summed E-state index contributed by atoms with van der Waals surface area (Å²) >= 11 is 11.5. The lowest BCUT2D eigenvalue weighted by Gasteiger charge is -2.08. The first-order valence-corrected chi connectivity index (χ1v) is 4.51. The van der Waals surface area contributed by atoms with Crippen LogP contribution in [0.3, 0.4) is 0 Å². The van der Waals surface area contributed by atoms with E-state index in [9.17, 15) is 9.59 Å². The van der Waals surface area contributed by atoms with Gasteiger partial charge in [-0.1, -0.05) is 23.2 Å². The molecular formula is C9H5Cl2NO3. The molecule has 0 atom stereocenters. The van der Waals surface area contributed by atoms with E-state index in [1.54, 1.807) is 0 Å². The van der Waals surface area contributed by atoms with Gasteiger partial charge in [0, 0.05) is 0 Å². The number of methoxy groups -OCH3 is 1. The number of benzene rings is 1. The Hall–Kier alpha value is -1.35. The molecule has 0 radical (unpaired) electrons. The fourth-order valence-electron chi connectivity index (χ4n) is 1.03. The van der Waals surface area contributed by atoms with Crippen LogP contribution in [-0.2, 0) is 4.79 Å². The van der Waals surface area contributed by atoms with Crippen molar-refractivity contribution in [1.29, 1.82) is 0 Å². The Bertz CT molecular complexity index is 453. The van der Waals surface area contributed by atoms with Crippen molar-refractivity contribution in [3.63, 3.8) is 0 Å². The zero-order chi connectivity index (χ0) is 11.4. The fourth-order valence-corrected chi connectivity index (χ4v) is 1.49. The molecule has 1 aromatic carbocycles. The van der Waals surface area contributed by atoms with E-state index in [4.69, 9.17) is 27.9 Å². The maximum absolute atomic E-state index is 11.3. The molecule has 0 unspecified atom stereocenters. The predicted octanol–water partition coefficient (Wildman–Crippen LogP) is 2.48. The predicted molar refractivity (Wildman–Crippen MR) is 55.5 cm³/mol. The van der Waals surface area contributed by atoms with Crippen molar-refractivity contribution >= 4 is 35.2 Å². The van der Waals surface area contributed by atoms with Crippen molar-refractivity contribution in [2.45, 2.75) is 0 Å². The van der Waals surface area contributed by atoms with Gasteiger partial charge in [0.1, 0.15) is 5.56 Å². The smallest absolute Gasteiger partial charge is 0.293 e. The quantitative estimate of drug-likeness (QED) is 0.594. The van der Waals surface area contributed by atoms with Crippen molar-refractivity contribution < 1.29 is 14.3 Å². The summed E-state index contributed by atoms with van der Waals surface area (Å²) in [6.45, 7) is 0. The third-order valence-electron chi connectivity index (χ3n) is 1.62. The number of nitrogens with zero attached hydrogens (tertiary/aromatic N) is 1. The standard InChI is InChI=1S/C9H5Cl2NO3/c1-15-8-6(11)3-2-5(10)7(8)9(14)12-4-13/h2-3H,1H3. The lowest BCUT2D eigenvalue weighted by molar-refractivity contribution is 0.1000. The molecule has 0 saturated heterocycles. The Morgan fingerprint density at radius 2 is 2.00 bits per heavy atom. The highest BCUT2D eigenvalue weighted by Crippen LogP contribution is 2.34. The SMILES string of the molecule is COc1c(Cl)ccc(Cl)c1C(=O)N=C=O. The molecule has 0 aliphatic rings. The average molecular weight is 246 g/mol. The maximum atomic E-state index is 11.3. The first-order chi connectivity index (χ1) is 7.11. The monoisotopic (exact) mass is 245 g/mol. The maximum Gasteiger partial charge on any atom is 0.293 e. The van der Waals surface area contributed by atoms with Crippen molar-refractivity contribution in [3.05, 3.63) is 27.7 Å². The summed E-state index contributed by atoms with van der Waals surface area (Å²) in [5.74, 6) is -0.748. The van der Waals surface area contributed by atoms with Crippen LogP contribution in [-0.4, -0.2) is 19.1 Å².